The van der Waals surface area contributed by atoms with Crippen LogP contribution in [0.15, 0.2) is 0 Å². The number of carbonyl (C=O) groups excluding carboxylic acids is 2. The van der Waals surface area contributed by atoms with Gasteiger partial charge in [-0.25, -0.2) is 0 Å². The number of hydrogen-bond donors (Lipinski definition) is 1. The average molecular weight is 766 g/mol. The maximum Gasteiger partial charge on any atom is 0.306 e. The van der Waals surface area contributed by atoms with Gasteiger partial charge in [0, 0.05) is 19.4 Å². The molecule has 0 atom stereocenters. The van der Waals surface area contributed by atoms with Gasteiger partial charge in [0.05, 0.1) is 6.61 Å². The van der Waals surface area contributed by atoms with Crippen molar-refractivity contribution in [2.75, 3.05) is 32.8 Å². The van der Waals surface area contributed by atoms with Crippen LogP contribution in [0.25, 0.3) is 0 Å². The highest BCUT2D eigenvalue weighted by atomic mass is 16.5. The van der Waals surface area contributed by atoms with Gasteiger partial charge in [0.25, 0.3) is 0 Å². The predicted molar refractivity (Wildman–Crippen MR) is 232 cm³/mol. The number of hydrogen-bond acceptors (Lipinski definition) is 6. The highest BCUT2D eigenvalue weighted by molar-refractivity contribution is 5.69. The third kappa shape index (κ3) is 37.8. The largest absolute Gasteiger partial charge is 0.465 e. The molecule has 0 radical (unpaired) electrons. The lowest BCUT2D eigenvalue weighted by Gasteiger charge is -2.25. The Balaban J connectivity index is 4.26. The highest BCUT2D eigenvalue weighted by Gasteiger charge is 2.20. The topological polar surface area (TPSA) is 76.1 Å². The number of aliphatic hydroxyl groups excluding tert-OH is 1. The first-order valence-electron chi connectivity index (χ1n) is 24.0. The summed E-state index contributed by atoms with van der Waals surface area (Å²) in [5.74, 6) is -0.00537. The molecule has 0 aliphatic carbocycles. The number of rotatable bonds is 43. The first-order valence-corrected chi connectivity index (χ1v) is 24.0. The smallest absolute Gasteiger partial charge is 0.306 e. The highest BCUT2D eigenvalue weighted by Crippen LogP contribution is 2.25. The maximum absolute atomic E-state index is 12.8. The van der Waals surface area contributed by atoms with Crippen molar-refractivity contribution in [3.63, 3.8) is 0 Å². The molecule has 0 aliphatic rings. The molecule has 0 bridgehead atoms. The molecule has 322 valence electrons. The quantitative estimate of drug-likeness (QED) is 0.0492. The third-order valence-electron chi connectivity index (χ3n) is 11.2. The molecule has 0 amide bonds. The summed E-state index contributed by atoms with van der Waals surface area (Å²) in [7, 11) is 0. The van der Waals surface area contributed by atoms with E-state index in [1.165, 1.54) is 141 Å². The number of carbonyl (C=O) groups is 2. The van der Waals surface area contributed by atoms with Crippen molar-refractivity contribution in [3.8, 4) is 0 Å². The van der Waals surface area contributed by atoms with Gasteiger partial charge in [-0.2, -0.15) is 0 Å². The lowest BCUT2D eigenvalue weighted by atomic mass is 9.88. The minimum absolute atomic E-state index is 0.0234. The number of aliphatic hydroxyl groups is 1. The molecular formula is C48H95NO5. The van der Waals surface area contributed by atoms with Crippen LogP contribution in [0.4, 0.5) is 0 Å². The molecule has 0 unspecified atom stereocenters. The Morgan fingerprint density at radius 1 is 0.500 bits per heavy atom. The van der Waals surface area contributed by atoms with Gasteiger partial charge in [0.1, 0.15) is 6.10 Å². The van der Waals surface area contributed by atoms with Crippen molar-refractivity contribution < 1.29 is 24.2 Å². The van der Waals surface area contributed by atoms with Gasteiger partial charge in [-0.3, -0.25) is 9.59 Å². The van der Waals surface area contributed by atoms with Crippen LogP contribution >= 0.6 is 0 Å². The Morgan fingerprint density at radius 2 is 0.889 bits per heavy atom. The van der Waals surface area contributed by atoms with Crippen molar-refractivity contribution in [2.24, 2.45) is 5.41 Å². The van der Waals surface area contributed by atoms with E-state index in [9.17, 15) is 14.7 Å². The van der Waals surface area contributed by atoms with Crippen LogP contribution in [0, 0.1) is 5.41 Å². The van der Waals surface area contributed by atoms with Gasteiger partial charge in [-0.15, -0.1) is 0 Å². The van der Waals surface area contributed by atoms with E-state index in [2.05, 4.69) is 39.5 Å². The summed E-state index contributed by atoms with van der Waals surface area (Å²) in [6, 6.07) is 0. The second-order valence-corrected chi connectivity index (χ2v) is 17.5. The fourth-order valence-electron chi connectivity index (χ4n) is 7.49. The molecule has 0 aromatic rings. The van der Waals surface area contributed by atoms with Crippen molar-refractivity contribution in [2.45, 2.75) is 259 Å². The zero-order valence-corrected chi connectivity index (χ0v) is 37.2. The Kier molecular flexibility index (Phi) is 39.2. The van der Waals surface area contributed by atoms with Gasteiger partial charge < -0.3 is 19.5 Å². The molecule has 0 spiro atoms. The minimum atomic E-state index is -0.0287. The summed E-state index contributed by atoms with van der Waals surface area (Å²) in [5, 5.41) is 9.32. The molecule has 0 aromatic carbocycles. The zero-order valence-electron chi connectivity index (χ0n) is 37.2. The van der Waals surface area contributed by atoms with Crippen LogP contribution in [-0.4, -0.2) is 60.9 Å². The molecule has 54 heavy (non-hydrogen) atoms. The Labute approximate surface area is 337 Å². The van der Waals surface area contributed by atoms with E-state index in [-0.39, 0.29) is 30.1 Å². The Morgan fingerprint density at radius 3 is 1.37 bits per heavy atom. The molecule has 0 aromatic heterocycles. The van der Waals surface area contributed by atoms with Gasteiger partial charge in [-0.05, 0) is 95.7 Å². The van der Waals surface area contributed by atoms with Crippen LogP contribution in [0.3, 0.4) is 0 Å². The van der Waals surface area contributed by atoms with E-state index < -0.39 is 0 Å². The molecular weight excluding hydrogens is 671 g/mol. The fraction of sp³-hybridized carbons (Fsp3) is 0.958. The number of unbranched alkanes of at least 4 members (excludes halogenated alkanes) is 23. The summed E-state index contributed by atoms with van der Waals surface area (Å²) in [6.07, 6.45) is 39.4. The van der Waals surface area contributed by atoms with E-state index in [0.29, 0.717) is 19.4 Å². The Hall–Kier alpha value is -1.14. The molecule has 0 fully saturated rings. The second-order valence-electron chi connectivity index (χ2n) is 17.5. The summed E-state index contributed by atoms with van der Waals surface area (Å²) >= 11 is 0. The number of esters is 2. The summed E-state index contributed by atoms with van der Waals surface area (Å²) in [5.41, 5.74) is 0.0240. The van der Waals surface area contributed by atoms with Crippen LogP contribution in [0.5, 0.6) is 0 Å². The van der Waals surface area contributed by atoms with E-state index in [0.717, 1.165) is 83.8 Å². The summed E-state index contributed by atoms with van der Waals surface area (Å²) in [4.78, 5) is 27.6. The second kappa shape index (κ2) is 40.1. The molecule has 6 heteroatoms. The van der Waals surface area contributed by atoms with Crippen molar-refractivity contribution in [1.82, 2.24) is 4.90 Å². The van der Waals surface area contributed by atoms with Gasteiger partial charge >= 0.3 is 11.9 Å². The molecule has 0 saturated carbocycles. The van der Waals surface area contributed by atoms with E-state index in [1.54, 1.807) is 0 Å². The lowest BCUT2D eigenvalue weighted by molar-refractivity contribution is -0.150. The van der Waals surface area contributed by atoms with Crippen LogP contribution in [0.2, 0.25) is 0 Å². The number of nitrogens with zero attached hydrogens (tertiary/aromatic N) is 1. The average Bonchev–Trinajstić information content (AvgIpc) is 3.15. The van der Waals surface area contributed by atoms with E-state index in [1.807, 2.05) is 0 Å². The van der Waals surface area contributed by atoms with E-state index in [4.69, 9.17) is 9.47 Å². The predicted octanol–water partition coefficient (Wildman–Crippen LogP) is 14.1. The lowest BCUT2D eigenvalue weighted by Crippen LogP contribution is -2.27. The van der Waals surface area contributed by atoms with Gasteiger partial charge in [0.15, 0.2) is 0 Å². The van der Waals surface area contributed by atoms with Gasteiger partial charge in [0.2, 0.25) is 0 Å². The standard InChI is InChI=1S/C48H95NO5/c1-6-9-12-15-18-22-28-37-46(51)53-44-48(4,5)39-30-25-32-41-49(42-33-34-43-50)40-31-24-19-23-29-38-47(52)54-45(35-26-20-16-13-10-7-2)36-27-21-17-14-11-8-3/h45,50H,6-44H2,1-5H3. The minimum Gasteiger partial charge on any atom is -0.465 e. The first kappa shape index (κ1) is 52.9. The molecule has 6 nitrogen and oxygen atoms in total. The molecule has 0 aliphatic heterocycles. The zero-order chi connectivity index (χ0) is 39.8. The Bertz CT molecular complexity index is 786. The van der Waals surface area contributed by atoms with Crippen LogP contribution < -0.4 is 0 Å². The maximum atomic E-state index is 12.8. The molecule has 0 rings (SSSR count). The van der Waals surface area contributed by atoms with E-state index >= 15 is 0 Å². The summed E-state index contributed by atoms with van der Waals surface area (Å²) in [6.45, 7) is 15.3. The van der Waals surface area contributed by atoms with Crippen LogP contribution in [0.1, 0.15) is 253 Å². The van der Waals surface area contributed by atoms with Crippen molar-refractivity contribution in [1.29, 1.82) is 0 Å². The number of ether oxygens (including phenoxy) is 2. The molecule has 0 heterocycles. The van der Waals surface area contributed by atoms with Gasteiger partial charge in [-0.1, -0.05) is 169 Å². The SMILES string of the molecule is CCCCCCCCCC(=O)OCC(C)(C)CCCCCN(CCCCO)CCCCCCCC(=O)OC(CCCCCCCC)CCCCCCCC. The van der Waals surface area contributed by atoms with Crippen LogP contribution in [-0.2, 0) is 19.1 Å². The third-order valence-corrected chi connectivity index (χ3v) is 11.2. The fourth-order valence-corrected chi connectivity index (χ4v) is 7.49. The molecule has 0 saturated heterocycles. The first-order chi connectivity index (χ1) is 26.3. The van der Waals surface area contributed by atoms with Crippen molar-refractivity contribution >= 4 is 11.9 Å². The normalized spacial score (nSPS) is 11.9. The summed E-state index contributed by atoms with van der Waals surface area (Å²) < 4.78 is 11.7. The molecule has 1 N–H and O–H groups in total. The van der Waals surface area contributed by atoms with Crippen molar-refractivity contribution in [3.05, 3.63) is 0 Å². The monoisotopic (exact) mass is 766 g/mol.